The number of nitrogens with zero attached hydrogens (tertiary/aromatic N) is 2. The summed E-state index contributed by atoms with van der Waals surface area (Å²) in [5.74, 6) is 0. The number of hydrogen-bond acceptors (Lipinski definition) is 2. The van der Waals surface area contributed by atoms with Crippen molar-refractivity contribution in [2.75, 3.05) is 13.1 Å². The molecule has 0 aliphatic heterocycles. The third-order valence-electron chi connectivity index (χ3n) is 3.23. The quantitative estimate of drug-likeness (QED) is 0.629. The summed E-state index contributed by atoms with van der Waals surface area (Å²) in [6.45, 7) is 4.51. The van der Waals surface area contributed by atoms with Gasteiger partial charge in [0.1, 0.15) is 0 Å². The van der Waals surface area contributed by atoms with Crippen molar-refractivity contribution < 1.29 is 0 Å². The summed E-state index contributed by atoms with van der Waals surface area (Å²) in [5.41, 5.74) is 0. The lowest BCUT2D eigenvalue weighted by Crippen LogP contribution is -2.37. The highest BCUT2D eigenvalue weighted by Gasteiger charge is 2.18. The monoisotopic (exact) mass is 194 g/mol. The fourth-order valence-electron chi connectivity index (χ4n) is 2.41. The Balaban J connectivity index is 2.25. The minimum Gasteiger partial charge on any atom is -0.301 e. The Labute approximate surface area is 87.9 Å². The molecule has 0 radical (unpaired) electrons. The normalized spacial score (nSPS) is 18.4. The van der Waals surface area contributed by atoms with Crippen molar-refractivity contribution >= 4 is 0 Å². The molecule has 0 bridgehead atoms. The minimum absolute atomic E-state index is 0.712. The predicted molar refractivity (Wildman–Crippen MR) is 59.0 cm³/mol. The Hall–Kier alpha value is -0.550. The van der Waals surface area contributed by atoms with Crippen LogP contribution in [0.2, 0.25) is 0 Å². The number of nitriles is 1. The average molecular weight is 194 g/mol. The SMILES string of the molecule is CCN(CCCC#N)C1CCCCC1. The molecular weight excluding hydrogens is 172 g/mol. The maximum atomic E-state index is 8.49. The van der Waals surface area contributed by atoms with Gasteiger partial charge in [0.2, 0.25) is 0 Å². The lowest BCUT2D eigenvalue weighted by Gasteiger charge is -2.33. The summed E-state index contributed by atoms with van der Waals surface area (Å²) in [7, 11) is 0. The summed E-state index contributed by atoms with van der Waals surface area (Å²) in [4.78, 5) is 2.57. The first-order chi connectivity index (χ1) is 6.88. The third-order valence-corrected chi connectivity index (χ3v) is 3.23. The smallest absolute Gasteiger partial charge is 0.0622 e. The van der Waals surface area contributed by atoms with Crippen LogP contribution in [0.15, 0.2) is 0 Å². The molecule has 1 rings (SSSR count). The lowest BCUT2D eigenvalue weighted by molar-refractivity contribution is 0.162. The zero-order valence-electron chi connectivity index (χ0n) is 9.34. The van der Waals surface area contributed by atoms with Crippen LogP contribution in [0.4, 0.5) is 0 Å². The van der Waals surface area contributed by atoms with Gasteiger partial charge in [-0.05, 0) is 32.4 Å². The van der Waals surface area contributed by atoms with Gasteiger partial charge in [0, 0.05) is 12.5 Å². The van der Waals surface area contributed by atoms with E-state index < -0.39 is 0 Å². The largest absolute Gasteiger partial charge is 0.301 e. The van der Waals surface area contributed by atoms with Crippen LogP contribution in [-0.2, 0) is 0 Å². The topological polar surface area (TPSA) is 27.0 Å². The Morgan fingerprint density at radius 1 is 1.29 bits per heavy atom. The van der Waals surface area contributed by atoms with E-state index in [-0.39, 0.29) is 0 Å². The van der Waals surface area contributed by atoms with Crippen molar-refractivity contribution in [1.82, 2.24) is 4.90 Å². The fourth-order valence-corrected chi connectivity index (χ4v) is 2.41. The Morgan fingerprint density at radius 2 is 2.00 bits per heavy atom. The molecule has 0 heterocycles. The molecular formula is C12H22N2. The second kappa shape index (κ2) is 6.84. The second-order valence-electron chi connectivity index (χ2n) is 4.18. The van der Waals surface area contributed by atoms with Gasteiger partial charge >= 0.3 is 0 Å². The van der Waals surface area contributed by atoms with Gasteiger partial charge in [-0.1, -0.05) is 26.2 Å². The minimum atomic E-state index is 0.712. The highest BCUT2D eigenvalue weighted by Crippen LogP contribution is 2.22. The van der Waals surface area contributed by atoms with Crippen LogP contribution in [-0.4, -0.2) is 24.0 Å². The van der Waals surface area contributed by atoms with Crippen molar-refractivity contribution in [2.45, 2.75) is 57.9 Å². The summed E-state index contributed by atoms with van der Waals surface area (Å²) in [6.07, 6.45) is 8.73. The zero-order valence-corrected chi connectivity index (χ0v) is 9.34. The van der Waals surface area contributed by atoms with E-state index in [1.165, 1.54) is 32.1 Å². The van der Waals surface area contributed by atoms with E-state index in [4.69, 9.17) is 5.26 Å². The number of rotatable bonds is 5. The van der Waals surface area contributed by atoms with Crippen LogP contribution in [0.5, 0.6) is 0 Å². The molecule has 1 saturated carbocycles. The van der Waals surface area contributed by atoms with Crippen LogP contribution in [0.1, 0.15) is 51.9 Å². The predicted octanol–water partition coefficient (Wildman–Crippen LogP) is 2.94. The molecule has 0 N–H and O–H groups in total. The van der Waals surface area contributed by atoms with Crippen molar-refractivity contribution in [1.29, 1.82) is 5.26 Å². The highest BCUT2D eigenvalue weighted by molar-refractivity contribution is 4.76. The van der Waals surface area contributed by atoms with Crippen molar-refractivity contribution in [3.05, 3.63) is 0 Å². The molecule has 1 fully saturated rings. The first-order valence-corrected chi connectivity index (χ1v) is 5.99. The van der Waals surface area contributed by atoms with Gasteiger partial charge < -0.3 is 4.90 Å². The molecule has 1 aliphatic rings. The fraction of sp³-hybridized carbons (Fsp3) is 0.917. The molecule has 0 amide bonds. The molecule has 1 aliphatic carbocycles. The van der Waals surface area contributed by atoms with E-state index in [0.29, 0.717) is 6.42 Å². The first-order valence-electron chi connectivity index (χ1n) is 5.99. The molecule has 0 aromatic rings. The van der Waals surface area contributed by atoms with E-state index >= 15 is 0 Å². The standard InChI is InChI=1S/C12H22N2/c1-2-14(11-7-6-10-13)12-8-4-3-5-9-12/h12H,2-9,11H2,1H3. The van der Waals surface area contributed by atoms with Gasteiger partial charge in [-0.2, -0.15) is 5.26 Å². The van der Waals surface area contributed by atoms with Gasteiger partial charge in [0.05, 0.1) is 6.07 Å². The van der Waals surface area contributed by atoms with Crippen LogP contribution < -0.4 is 0 Å². The van der Waals surface area contributed by atoms with E-state index in [9.17, 15) is 0 Å². The van der Waals surface area contributed by atoms with E-state index in [1.807, 2.05) is 0 Å². The summed E-state index contributed by atoms with van der Waals surface area (Å²) < 4.78 is 0. The molecule has 0 unspecified atom stereocenters. The van der Waals surface area contributed by atoms with Crippen LogP contribution >= 0.6 is 0 Å². The molecule has 0 spiro atoms. The van der Waals surface area contributed by atoms with Crippen molar-refractivity contribution in [2.24, 2.45) is 0 Å². The van der Waals surface area contributed by atoms with E-state index in [1.54, 1.807) is 0 Å². The lowest BCUT2D eigenvalue weighted by atomic mass is 9.94. The molecule has 14 heavy (non-hydrogen) atoms. The number of unbranched alkanes of at least 4 members (excludes halogenated alkanes) is 1. The highest BCUT2D eigenvalue weighted by atomic mass is 15.1. The van der Waals surface area contributed by atoms with Crippen LogP contribution in [0, 0.1) is 11.3 Å². The van der Waals surface area contributed by atoms with Crippen LogP contribution in [0.3, 0.4) is 0 Å². The third kappa shape index (κ3) is 3.67. The molecule has 0 atom stereocenters. The second-order valence-corrected chi connectivity index (χ2v) is 4.18. The van der Waals surface area contributed by atoms with Gasteiger partial charge in [-0.15, -0.1) is 0 Å². The van der Waals surface area contributed by atoms with Gasteiger partial charge in [0.15, 0.2) is 0 Å². The van der Waals surface area contributed by atoms with E-state index in [2.05, 4.69) is 17.9 Å². The summed E-state index contributed by atoms with van der Waals surface area (Å²) >= 11 is 0. The van der Waals surface area contributed by atoms with Gasteiger partial charge in [-0.3, -0.25) is 0 Å². The van der Waals surface area contributed by atoms with E-state index in [0.717, 1.165) is 25.6 Å². The average Bonchev–Trinajstić information content (AvgIpc) is 2.26. The first kappa shape index (κ1) is 11.5. The van der Waals surface area contributed by atoms with Crippen molar-refractivity contribution in [3.63, 3.8) is 0 Å². The van der Waals surface area contributed by atoms with Crippen LogP contribution in [0.25, 0.3) is 0 Å². The Morgan fingerprint density at radius 3 is 2.57 bits per heavy atom. The molecule has 80 valence electrons. The van der Waals surface area contributed by atoms with Gasteiger partial charge in [-0.25, -0.2) is 0 Å². The molecule has 2 nitrogen and oxygen atoms in total. The maximum absolute atomic E-state index is 8.49. The summed E-state index contributed by atoms with van der Waals surface area (Å²) in [5, 5.41) is 8.49. The van der Waals surface area contributed by atoms with Crippen molar-refractivity contribution in [3.8, 4) is 6.07 Å². The summed E-state index contributed by atoms with van der Waals surface area (Å²) in [6, 6.07) is 3.04. The van der Waals surface area contributed by atoms with Gasteiger partial charge in [0.25, 0.3) is 0 Å². The zero-order chi connectivity index (χ0) is 10.2. The molecule has 0 aromatic carbocycles. The maximum Gasteiger partial charge on any atom is 0.0622 e. The number of hydrogen-bond donors (Lipinski definition) is 0. The molecule has 0 aromatic heterocycles. The molecule has 0 saturated heterocycles. The molecule has 2 heteroatoms. The Bertz CT molecular complexity index is 177. The Kier molecular flexibility index (Phi) is 5.63.